The second-order valence-corrected chi connectivity index (χ2v) is 4.51. The van der Waals surface area contributed by atoms with Gasteiger partial charge in [-0.25, -0.2) is 0 Å². The largest absolute Gasteiger partial charge is 0.480 e. The predicted octanol–water partition coefficient (Wildman–Crippen LogP) is -0.101. The van der Waals surface area contributed by atoms with Gasteiger partial charge in [0, 0.05) is 13.1 Å². The minimum Gasteiger partial charge on any atom is -0.480 e. The number of carboxylic acid groups (broad SMARTS) is 1. The third-order valence-corrected chi connectivity index (χ3v) is 2.62. The van der Waals surface area contributed by atoms with E-state index in [0.29, 0.717) is 32.7 Å². The molecule has 3 N–H and O–H groups in total. The van der Waals surface area contributed by atoms with E-state index in [2.05, 4.69) is 0 Å². The first-order chi connectivity index (χ1) is 6.96. The minimum atomic E-state index is -0.793. The lowest BCUT2D eigenvalue weighted by Gasteiger charge is -2.40. The molecule has 1 aliphatic heterocycles. The van der Waals surface area contributed by atoms with E-state index in [-0.39, 0.29) is 5.60 Å². The van der Waals surface area contributed by atoms with Gasteiger partial charge in [0.25, 0.3) is 0 Å². The number of nitrogens with zero attached hydrogens (tertiary/aromatic N) is 1. The van der Waals surface area contributed by atoms with Crippen LogP contribution >= 0.6 is 0 Å². The highest BCUT2D eigenvalue weighted by Gasteiger charge is 2.33. The lowest BCUT2D eigenvalue weighted by molar-refractivity contribution is -0.150. The summed E-state index contributed by atoms with van der Waals surface area (Å²) in [4.78, 5) is 13.0. The van der Waals surface area contributed by atoms with E-state index >= 15 is 0 Å². The number of hydrogen-bond acceptors (Lipinski definition) is 4. The molecule has 0 aromatic heterocycles. The Kier molecular flexibility index (Phi) is 4.07. The number of hydrogen-bond donors (Lipinski definition) is 2. The third kappa shape index (κ3) is 3.44. The maximum Gasteiger partial charge on any atom is 0.320 e. The van der Waals surface area contributed by atoms with E-state index in [0.717, 1.165) is 0 Å². The Balaban J connectivity index is 2.63. The molecule has 88 valence electrons. The lowest BCUT2D eigenvalue weighted by atomic mass is 10.0. The second kappa shape index (κ2) is 4.92. The summed E-state index contributed by atoms with van der Waals surface area (Å²) in [5.41, 5.74) is 5.16. The highest BCUT2D eigenvalue weighted by atomic mass is 16.5. The number of aliphatic carboxylic acids is 1. The number of morpholine rings is 1. The van der Waals surface area contributed by atoms with Crippen molar-refractivity contribution in [3.05, 3.63) is 0 Å². The van der Waals surface area contributed by atoms with E-state index < -0.39 is 12.0 Å². The van der Waals surface area contributed by atoms with Gasteiger partial charge >= 0.3 is 5.97 Å². The molecule has 1 saturated heterocycles. The van der Waals surface area contributed by atoms with Crippen LogP contribution in [0.4, 0.5) is 0 Å². The van der Waals surface area contributed by atoms with E-state index in [1.807, 2.05) is 18.7 Å². The molecule has 1 atom stereocenters. The van der Waals surface area contributed by atoms with Crippen molar-refractivity contribution in [1.82, 2.24) is 4.90 Å². The van der Waals surface area contributed by atoms with Crippen molar-refractivity contribution < 1.29 is 14.6 Å². The molecular weight excluding hydrogens is 196 g/mol. The Morgan fingerprint density at radius 3 is 2.80 bits per heavy atom. The van der Waals surface area contributed by atoms with Gasteiger partial charge in [0.2, 0.25) is 0 Å². The van der Waals surface area contributed by atoms with Gasteiger partial charge in [-0.3, -0.25) is 9.69 Å². The predicted molar refractivity (Wildman–Crippen MR) is 56.7 cm³/mol. The van der Waals surface area contributed by atoms with Gasteiger partial charge in [-0.2, -0.15) is 0 Å². The average molecular weight is 216 g/mol. The summed E-state index contributed by atoms with van der Waals surface area (Å²) in [5.74, 6) is -0.793. The molecule has 1 heterocycles. The topological polar surface area (TPSA) is 75.8 Å². The van der Waals surface area contributed by atoms with Crippen LogP contribution in [-0.2, 0) is 9.53 Å². The number of ether oxygens (including phenoxy) is 1. The SMILES string of the molecule is CC1(C)CN(C(CCN)C(=O)O)CCO1. The zero-order valence-corrected chi connectivity index (χ0v) is 9.40. The molecule has 0 bridgehead atoms. The molecule has 0 aliphatic carbocycles. The summed E-state index contributed by atoms with van der Waals surface area (Å²) in [6.07, 6.45) is 0.491. The first-order valence-corrected chi connectivity index (χ1v) is 5.27. The first-order valence-electron chi connectivity index (χ1n) is 5.27. The Morgan fingerprint density at radius 2 is 2.33 bits per heavy atom. The van der Waals surface area contributed by atoms with E-state index in [1.165, 1.54) is 0 Å². The smallest absolute Gasteiger partial charge is 0.320 e. The average Bonchev–Trinajstić information content (AvgIpc) is 2.11. The Bertz CT molecular complexity index is 231. The molecule has 1 rings (SSSR count). The molecule has 1 fully saturated rings. The van der Waals surface area contributed by atoms with Gasteiger partial charge in [0.05, 0.1) is 12.2 Å². The van der Waals surface area contributed by atoms with Crippen LogP contribution in [0.15, 0.2) is 0 Å². The van der Waals surface area contributed by atoms with Crippen LogP contribution in [0, 0.1) is 0 Å². The maximum atomic E-state index is 11.1. The molecule has 5 heteroatoms. The summed E-state index contributed by atoms with van der Waals surface area (Å²) in [7, 11) is 0. The normalized spacial score (nSPS) is 23.7. The number of carbonyl (C=O) groups is 1. The van der Waals surface area contributed by atoms with Crippen LogP contribution in [0.3, 0.4) is 0 Å². The second-order valence-electron chi connectivity index (χ2n) is 4.51. The Morgan fingerprint density at radius 1 is 1.67 bits per heavy atom. The molecule has 0 saturated carbocycles. The van der Waals surface area contributed by atoms with E-state index in [9.17, 15) is 4.79 Å². The zero-order valence-electron chi connectivity index (χ0n) is 9.40. The highest BCUT2D eigenvalue weighted by Crippen LogP contribution is 2.19. The highest BCUT2D eigenvalue weighted by molar-refractivity contribution is 5.73. The molecule has 1 aliphatic rings. The van der Waals surface area contributed by atoms with Crippen LogP contribution in [-0.4, -0.2) is 53.9 Å². The van der Waals surface area contributed by atoms with Crippen molar-refractivity contribution in [3.8, 4) is 0 Å². The van der Waals surface area contributed by atoms with Crippen LogP contribution < -0.4 is 5.73 Å². The van der Waals surface area contributed by atoms with Gasteiger partial charge in [-0.1, -0.05) is 0 Å². The molecule has 15 heavy (non-hydrogen) atoms. The van der Waals surface area contributed by atoms with E-state index in [1.54, 1.807) is 0 Å². The summed E-state index contributed by atoms with van der Waals surface area (Å²) < 4.78 is 5.54. The molecule has 0 amide bonds. The molecule has 0 aromatic rings. The maximum absolute atomic E-state index is 11.1. The fraction of sp³-hybridized carbons (Fsp3) is 0.900. The van der Waals surface area contributed by atoms with Crippen molar-refractivity contribution in [3.63, 3.8) is 0 Å². The van der Waals surface area contributed by atoms with Crippen molar-refractivity contribution in [2.75, 3.05) is 26.2 Å². The Labute approximate surface area is 90.2 Å². The summed E-state index contributed by atoms with van der Waals surface area (Å²) in [5, 5.41) is 9.09. The van der Waals surface area contributed by atoms with Crippen LogP contribution in [0.2, 0.25) is 0 Å². The monoisotopic (exact) mass is 216 g/mol. The summed E-state index contributed by atoms with van der Waals surface area (Å²) >= 11 is 0. The van der Waals surface area contributed by atoms with Gasteiger partial charge in [0.15, 0.2) is 0 Å². The number of carboxylic acids is 1. The fourth-order valence-corrected chi connectivity index (χ4v) is 1.94. The number of rotatable bonds is 4. The molecule has 0 aromatic carbocycles. The first kappa shape index (κ1) is 12.4. The molecule has 1 unspecified atom stereocenters. The fourth-order valence-electron chi connectivity index (χ4n) is 1.94. The van der Waals surface area contributed by atoms with Gasteiger partial charge < -0.3 is 15.6 Å². The van der Waals surface area contributed by atoms with Crippen molar-refractivity contribution in [1.29, 1.82) is 0 Å². The van der Waals surface area contributed by atoms with Crippen LogP contribution in [0.1, 0.15) is 20.3 Å². The molecule has 5 nitrogen and oxygen atoms in total. The van der Waals surface area contributed by atoms with Crippen LogP contribution in [0.5, 0.6) is 0 Å². The van der Waals surface area contributed by atoms with Gasteiger partial charge in [0.1, 0.15) is 6.04 Å². The Hall–Kier alpha value is -0.650. The van der Waals surface area contributed by atoms with Crippen molar-refractivity contribution >= 4 is 5.97 Å². The van der Waals surface area contributed by atoms with Crippen molar-refractivity contribution in [2.24, 2.45) is 5.73 Å². The zero-order chi connectivity index (χ0) is 11.5. The van der Waals surface area contributed by atoms with Crippen LogP contribution in [0.25, 0.3) is 0 Å². The number of nitrogens with two attached hydrogens (primary N) is 1. The lowest BCUT2D eigenvalue weighted by Crippen LogP contribution is -2.54. The summed E-state index contributed by atoms with van der Waals surface area (Å²) in [6.45, 7) is 6.24. The minimum absolute atomic E-state index is 0.263. The summed E-state index contributed by atoms with van der Waals surface area (Å²) in [6, 6.07) is -0.474. The molecular formula is C10H20N2O3. The quantitative estimate of drug-likeness (QED) is 0.686. The van der Waals surface area contributed by atoms with Gasteiger partial charge in [-0.15, -0.1) is 0 Å². The van der Waals surface area contributed by atoms with E-state index in [4.69, 9.17) is 15.6 Å². The third-order valence-electron chi connectivity index (χ3n) is 2.62. The molecule has 0 radical (unpaired) electrons. The van der Waals surface area contributed by atoms with Gasteiger partial charge in [-0.05, 0) is 26.8 Å². The standard InChI is InChI=1S/C10H20N2O3/c1-10(2)7-12(5-6-15-10)8(3-4-11)9(13)14/h8H,3-7,11H2,1-2H3,(H,13,14). The molecule has 0 spiro atoms. The van der Waals surface area contributed by atoms with Crippen molar-refractivity contribution in [2.45, 2.75) is 31.9 Å².